The highest BCUT2D eigenvalue weighted by atomic mass is 35.5. The lowest BCUT2D eigenvalue weighted by atomic mass is 9.93. The van der Waals surface area contributed by atoms with Crippen LogP contribution in [0.1, 0.15) is 61.9 Å². The van der Waals surface area contributed by atoms with Crippen LogP contribution >= 0.6 is 24.0 Å². The van der Waals surface area contributed by atoms with Gasteiger partial charge in [0.05, 0.1) is 22.0 Å². The molecule has 3 amide bonds. The van der Waals surface area contributed by atoms with E-state index < -0.39 is 27.8 Å². The van der Waals surface area contributed by atoms with Crippen molar-refractivity contribution in [2.45, 2.75) is 64.6 Å². The molecule has 1 aromatic heterocycles. The van der Waals surface area contributed by atoms with Gasteiger partial charge in [-0.1, -0.05) is 37.4 Å². The molecule has 11 nitrogen and oxygen atoms in total. The van der Waals surface area contributed by atoms with Crippen molar-refractivity contribution in [2.75, 3.05) is 22.3 Å². The Hall–Kier alpha value is -3.65. The number of unbranched alkanes of at least 4 members (excludes halogenated alkanes) is 1. The number of amides is 3. The molecule has 0 radical (unpaired) electrons. The Morgan fingerprint density at radius 3 is 2.52 bits per heavy atom. The highest BCUT2D eigenvalue weighted by molar-refractivity contribution is 7.92. The summed E-state index contributed by atoms with van der Waals surface area (Å²) in [5, 5.41) is 5.29. The number of carbonyl (C=O) groups is 2. The normalized spacial score (nSPS) is 16.6. The number of nitrogens with two attached hydrogens (primary N) is 1. The van der Waals surface area contributed by atoms with Crippen molar-refractivity contribution < 1.29 is 27.1 Å². The van der Waals surface area contributed by atoms with Crippen molar-refractivity contribution in [1.82, 2.24) is 15.2 Å². The first-order valence-corrected chi connectivity index (χ1v) is 16.8. The number of piperidine rings is 1. The fourth-order valence-corrected chi connectivity index (χ4v) is 6.00. The minimum absolute atomic E-state index is 0. The number of sulfonamides is 1. The first-order chi connectivity index (χ1) is 21.5. The average molecular weight is 698 g/mol. The number of benzene rings is 2. The van der Waals surface area contributed by atoms with Crippen molar-refractivity contribution in [3.05, 3.63) is 76.7 Å². The summed E-state index contributed by atoms with van der Waals surface area (Å²) in [7, 11) is -3.36. The highest BCUT2D eigenvalue weighted by Gasteiger charge is 2.29. The van der Waals surface area contributed by atoms with Crippen LogP contribution in [0.4, 0.5) is 20.6 Å². The van der Waals surface area contributed by atoms with Gasteiger partial charge in [0.1, 0.15) is 11.6 Å². The molecule has 250 valence electrons. The molecule has 0 bridgehead atoms. The summed E-state index contributed by atoms with van der Waals surface area (Å²) in [6.45, 7) is 5.13. The largest absolute Gasteiger partial charge is 0.439 e. The van der Waals surface area contributed by atoms with E-state index >= 15 is 0 Å². The van der Waals surface area contributed by atoms with E-state index in [1.54, 1.807) is 43.5 Å². The second kappa shape index (κ2) is 16.8. The molecule has 3 aromatic rings. The number of anilines is 2. The van der Waals surface area contributed by atoms with Gasteiger partial charge in [-0.3, -0.25) is 14.4 Å². The zero-order valence-electron chi connectivity index (χ0n) is 25.6. The van der Waals surface area contributed by atoms with E-state index in [1.807, 2.05) is 6.07 Å². The molecule has 1 aliphatic rings. The smallest absolute Gasteiger partial charge is 0.319 e. The number of hydrogen-bond donors (Lipinski definition) is 4. The van der Waals surface area contributed by atoms with E-state index in [4.69, 9.17) is 22.1 Å². The van der Waals surface area contributed by atoms with Gasteiger partial charge in [0.15, 0.2) is 0 Å². The Labute approximate surface area is 279 Å². The molecule has 46 heavy (non-hydrogen) atoms. The van der Waals surface area contributed by atoms with E-state index in [9.17, 15) is 22.4 Å². The first-order valence-electron chi connectivity index (χ1n) is 14.8. The van der Waals surface area contributed by atoms with Crippen molar-refractivity contribution in [1.29, 1.82) is 0 Å². The van der Waals surface area contributed by atoms with Crippen LogP contribution in [0.3, 0.4) is 0 Å². The van der Waals surface area contributed by atoms with Gasteiger partial charge in [-0.25, -0.2) is 22.6 Å². The number of urea groups is 1. The van der Waals surface area contributed by atoms with Gasteiger partial charge in [-0.15, -0.1) is 12.4 Å². The van der Waals surface area contributed by atoms with Gasteiger partial charge < -0.3 is 21.1 Å². The molecular weight excluding hydrogens is 658 g/mol. The average Bonchev–Trinajstić information content (AvgIpc) is 3.00. The molecule has 1 fully saturated rings. The summed E-state index contributed by atoms with van der Waals surface area (Å²) in [6.07, 6.45) is 6.24. The third kappa shape index (κ3) is 10.4. The molecule has 5 N–H and O–H groups in total. The fraction of sp³-hybridized carbons (Fsp3) is 0.387. The SMILES string of the molecule is CCCCC1CC(NC(=O)Nc2cc(C(N)=O)c(Cl)cc2F)CCN1Cc1ccc(Oc2ccc(NS(=O)(=O)CC)cc2)nc1.Cl. The number of nitrogens with zero attached hydrogens (tertiary/aromatic N) is 2. The molecule has 2 aromatic carbocycles. The van der Waals surface area contributed by atoms with Crippen LogP contribution in [0, 0.1) is 5.82 Å². The lowest BCUT2D eigenvalue weighted by molar-refractivity contribution is 0.1000. The zero-order valence-corrected chi connectivity index (χ0v) is 28.0. The Morgan fingerprint density at radius 2 is 1.89 bits per heavy atom. The molecule has 4 rings (SSSR count). The van der Waals surface area contributed by atoms with Gasteiger partial charge in [0.25, 0.3) is 0 Å². The number of hydrogen-bond acceptors (Lipinski definition) is 7. The Morgan fingerprint density at radius 1 is 1.15 bits per heavy atom. The van der Waals surface area contributed by atoms with Crippen LogP contribution in [0.25, 0.3) is 0 Å². The van der Waals surface area contributed by atoms with Gasteiger partial charge in [-0.2, -0.15) is 0 Å². The Kier molecular flexibility index (Phi) is 13.4. The Balaban J connectivity index is 0.00000576. The summed E-state index contributed by atoms with van der Waals surface area (Å²) in [4.78, 5) is 31.1. The number of primary amides is 1. The van der Waals surface area contributed by atoms with Gasteiger partial charge in [0, 0.05) is 43.1 Å². The molecule has 1 aliphatic heterocycles. The topological polar surface area (TPSA) is 156 Å². The summed E-state index contributed by atoms with van der Waals surface area (Å²) >= 11 is 5.88. The molecule has 1 saturated heterocycles. The van der Waals surface area contributed by atoms with E-state index in [1.165, 1.54) is 0 Å². The third-order valence-electron chi connectivity index (χ3n) is 7.55. The second-order valence-corrected chi connectivity index (χ2v) is 13.3. The maximum Gasteiger partial charge on any atom is 0.319 e. The van der Waals surface area contributed by atoms with E-state index in [2.05, 4.69) is 32.2 Å². The first kappa shape index (κ1) is 36.8. The zero-order chi connectivity index (χ0) is 32.6. The molecule has 2 heterocycles. The predicted molar refractivity (Wildman–Crippen MR) is 180 cm³/mol. The number of nitrogens with one attached hydrogen (secondary N) is 3. The molecular formula is C31H39Cl2FN6O5S. The lowest BCUT2D eigenvalue weighted by Gasteiger charge is -2.40. The van der Waals surface area contributed by atoms with Crippen LogP contribution in [-0.4, -0.2) is 54.6 Å². The van der Waals surface area contributed by atoms with E-state index in [-0.39, 0.29) is 46.5 Å². The molecule has 0 spiro atoms. The van der Waals surface area contributed by atoms with Crippen LogP contribution in [0.2, 0.25) is 5.02 Å². The van der Waals surface area contributed by atoms with Crippen molar-refractivity contribution in [3.8, 4) is 11.6 Å². The molecule has 0 saturated carbocycles. The van der Waals surface area contributed by atoms with Crippen molar-refractivity contribution in [2.24, 2.45) is 5.73 Å². The third-order valence-corrected chi connectivity index (χ3v) is 9.17. The lowest BCUT2D eigenvalue weighted by Crippen LogP contribution is -2.50. The van der Waals surface area contributed by atoms with Crippen LogP contribution in [-0.2, 0) is 16.6 Å². The minimum Gasteiger partial charge on any atom is -0.439 e. The summed E-state index contributed by atoms with van der Waals surface area (Å²) in [6, 6.07) is 12.0. The van der Waals surface area contributed by atoms with Crippen LogP contribution < -0.4 is 25.8 Å². The number of likely N-dealkylation sites (tertiary alicyclic amines) is 1. The highest BCUT2D eigenvalue weighted by Crippen LogP contribution is 2.27. The second-order valence-electron chi connectivity index (χ2n) is 10.9. The van der Waals surface area contributed by atoms with Crippen molar-refractivity contribution >= 4 is 57.3 Å². The monoisotopic (exact) mass is 696 g/mol. The standard InChI is InChI=1S/C31H38ClFN6O5S.ClH/c1-3-5-6-23-15-22(36-31(41)37-28-16-25(30(34)40)26(32)17-27(28)33)13-14-39(23)19-20-7-12-29(35-18-20)44-24-10-8-21(9-11-24)38-45(42,43)4-2;/h7-12,16-18,22-23,38H,3-6,13-15,19H2,1-2H3,(H2,34,40)(H2,36,37,41);1H. The van der Waals surface area contributed by atoms with E-state index in [0.717, 1.165) is 49.9 Å². The van der Waals surface area contributed by atoms with Crippen LogP contribution in [0.5, 0.6) is 11.6 Å². The summed E-state index contributed by atoms with van der Waals surface area (Å²) < 4.78 is 46.2. The Bertz CT molecular complexity index is 1600. The number of pyridine rings is 1. The number of halogens is 3. The quantitative estimate of drug-likeness (QED) is 0.164. The summed E-state index contributed by atoms with van der Waals surface area (Å²) in [5.74, 6) is -0.659. The van der Waals surface area contributed by atoms with Crippen LogP contribution in [0.15, 0.2) is 54.7 Å². The maximum atomic E-state index is 14.4. The minimum atomic E-state index is -3.36. The van der Waals surface area contributed by atoms with Crippen molar-refractivity contribution in [3.63, 3.8) is 0 Å². The fourth-order valence-electron chi connectivity index (χ4n) is 5.12. The van der Waals surface area contributed by atoms with Gasteiger partial charge in [0.2, 0.25) is 21.8 Å². The van der Waals surface area contributed by atoms with Gasteiger partial charge >= 0.3 is 6.03 Å². The van der Waals surface area contributed by atoms with Gasteiger partial charge in [-0.05, 0) is 68.1 Å². The number of carbonyl (C=O) groups excluding carboxylic acids is 2. The molecule has 2 atom stereocenters. The summed E-state index contributed by atoms with van der Waals surface area (Å²) in [5.41, 5.74) is 6.51. The molecule has 2 unspecified atom stereocenters. The number of rotatable bonds is 13. The predicted octanol–water partition coefficient (Wildman–Crippen LogP) is 6.29. The maximum absolute atomic E-state index is 14.4. The van der Waals surface area contributed by atoms with E-state index in [0.29, 0.717) is 30.3 Å². The number of aromatic nitrogens is 1. The molecule has 15 heteroatoms. The molecule has 0 aliphatic carbocycles. The number of ether oxygens (including phenoxy) is 1.